The zero-order valence-electron chi connectivity index (χ0n) is 12.6. The normalized spacial score (nSPS) is 10.9. The summed E-state index contributed by atoms with van der Waals surface area (Å²) in [6, 6.07) is 8.94. The van der Waals surface area contributed by atoms with Crippen LogP contribution in [0.15, 0.2) is 51.6 Å². The number of rotatable bonds is 7. The second-order valence-corrected chi connectivity index (χ2v) is 5.29. The molecule has 1 amide bonds. The van der Waals surface area contributed by atoms with E-state index in [1.165, 1.54) is 30.3 Å². The Balaban J connectivity index is 1.84. The van der Waals surface area contributed by atoms with Gasteiger partial charge in [0.1, 0.15) is 11.5 Å². The molecule has 25 heavy (non-hydrogen) atoms. The molecule has 9 heteroatoms. The van der Waals surface area contributed by atoms with Crippen molar-refractivity contribution in [2.24, 2.45) is 0 Å². The summed E-state index contributed by atoms with van der Waals surface area (Å²) < 4.78 is 39.3. The third-order valence-corrected chi connectivity index (χ3v) is 3.13. The van der Waals surface area contributed by atoms with Gasteiger partial charge >= 0.3 is 12.6 Å². The molecule has 0 fully saturated rings. The summed E-state index contributed by atoms with van der Waals surface area (Å²) in [5, 5.41) is 2.33. The Bertz CT molecular complexity index is 775. The van der Waals surface area contributed by atoms with Gasteiger partial charge in [0, 0.05) is 6.08 Å². The Morgan fingerprint density at radius 3 is 2.68 bits per heavy atom. The molecule has 1 aromatic carbocycles. The molecule has 0 aliphatic rings. The lowest BCUT2D eigenvalue weighted by atomic mass is 10.3. The molecule has 0 aliphatic carbocycles. The van der Waals surface area contributed by atoms with Crippen LogP contribution in [0.1, 0.15) is 5.76 Å². The number of alkyl halides is 2. The number of para-hydroxylation sites is 2. The summed E-state index contributed by atoms with van der Waals surface area (Å²) in [5.41, 5.74) is 0.0415. The van der Waals surface area contributed by atoms with E-state index in [9.17, 15) is 18.4 Å². The van der Waals surface area contributed by atoms with Crippen molar-refractivity contribution in [1.29, 1.82) is 0 Å². The first-order valence-electron chi connectivity index (χ1n) is 6.88. The van der Waals surface area contributed by atoms with Gasteiger partial charge in [0.05, 0.1) is 5.69 Å². The number of hydrogen-bond donors (Lipinski definition) is 1. The number of carbonyl (C=O) groups excluding carboxylic acids is 2. The van der Waals surface area contributed by atoms with Crippen molar-refractivity contribution in [3.8, 4) is 5.75 Å². The summed E-state index contributed by atoms with van der Waals surface area (Å²) in [5.74, 6) is -1.24. The van der Waals surface area contributed by atoms with Gasteiger partial charge in [-0.25, -0.2) is 4.79 Å². The first kappa shape index (κ1) is 18.7. The van der Waals surface area contributed by atoms with Gasteiger partial charge in [0.15, 0.2) is 11.3 Å². The molecule has 6 nitrogen and oxygen atoms in total. The van der Waals surface area contributed by atoms with Crippen molar-refractivity contribution in [3.05, 3.63) is 52.9 Å². The highest BCUT2D eigenvalue weighted by molar-refractivity contribution is 9.10. The van der Waals surface area contributed by atoms with Gasteiger partial charge in [-0.15, -0.1) is 0 Å². The van der Waals surface area contributed by atoms with Crippen molar-refractivity contribution in [1.82, 2.24) is 0 Å². The Kier molecular flexibility index (Phi) is 6.70. The van der Waals surface area contributed by atoms with Gasteiger partial charge in [-0.2, -0.15) is 8.78 Å². The molecular formula is C16H12BrF2NO5. The second kappa shape index (κ2) is 8.97. The topological polar surface area (TPSA) is 77.8 Å². The monoisotopic (exact) mass is 415 g/mol. The van der Waals surface area contributed by atoms with E-state index in [2.05, 4.69) is 26.0 Å². The fraction of sp³-hybridized carbons (Fsp3) is 0.125. The fourth-order valence-electron chi connectivity index (χ4n) is 1.71. The van der Waals surface area contributed by atoms with Gasteiger partial charge in [0.25, 0.3) is 5.91 Å². The first-order chi connectivity index (χ1) is 11.9. The van der Waals surface area contributed by atoms with Crippen LogP contribution in [0.25, 0.3) is 6.08 Å². The number of furan rings is 1. The predicted octanol–water partition coefficient (Wildman–Crippen LogP) is 3.84. The summed E-state index contributed by atoms with van der Waals surface area (Å²) in [7, 11) is 0. The number of anilines is 1. The number of benzene rings is 1. The van der Waals surface area contributed by atoms with Crippen LogP contribution in [0, 0.1) is 0 Å². The highest BCUT2D eigenvalue weighted by atomic mass is 79.9. The van der Waals surface area contributed by atoms with E-state index < -0.39 is 25.1 Å². The Morgan fingerprint density at radius 2 is 2.00 bits per heavy atom. The first-order valence-corrected chi connectivity index (χ1v) is 7.67. The number of ether oxygens (including phenoxy) is 2. The third kappa shape index (κ3) is 6.38. The zero-order valence-corrected chi connectivity index (χ0v) is 14.2. The zero-order chi connectivity index (χ0) is 18.2. The molecule has 0 radical (unpaired) electrons. The van der Waals surface area contributed by atoms with Crippen molar-refractivity contribution < 1.29 is 32.3 Å². The minimum absolute atomic E-state index is 0.0415. The molecule has 2 rings (SSSR count). The van der Waals surface area contributed by atoms with Crippen molar-refractivity contribution >= 4 is 39.6 Å². The predicted molar refractivity (Wildman–Crippen MR) is 88.1 cm³/mol. The molecule has 0 bridgehead atoms. The van der Waals surface area contributed by atoms with E-state index >= 15 is 0 Å². The van der Waals surface area contributed by atoms with Crippen LogP contribution in [-0.4, -0.2) is 25.1 Å². The van der Waals surface area contributed by atoms with Gasteiger partial charge in [0.2, 0.25) is 0 Å². The van der Waals surface area contributed by atoms with Gasteiger partial charge < -0.3 is 19.2 Å². The number of esters is 1. The number of amides is 1. The van der Waals surface area contributed by atoms with Gasteiger partial charge in [-0.1, -0.05) is 12.1 Å². The molecule has 0 aliphatic heterocycles. The maximum absolute atomic E-state index is 12.3. The van der Waals surface area contributed by atoms with Crippen LogP contribution in [-0.2, 0) is 14.3 Å². The van der Waals surface area contributed by atoms with Gasteiger partial charge in [-0.3, -0.25) is 4.79 Å². The minimum atomic E-state index is -3.03. The summed E-state index contributed by atoms with van der Waals surface area (Å²) >= 11 is 3.11. The largest absolute Gasteiger partial charge is 0.452 e. The Morgan fingerprint density at radius 1 is 1.24 bits per heavy atom. The summed E-state index contributed by atoms with van der Waals surface area (Å²) in [4.78, 5) is 23.3. The van der Waals surface area contributed by atoms with Crippen molar-refractivity contribution in [2.45, 2.75) is 6.61 Å². The minimum Gasteiger partial charge on any atom is -0.452 e. The molecular weight excluding hydrogens is 404 g/mol. The van der Waals surface area contributed by atoms with Crippen LogP contribution in [0.5, 0.6) is 5.75 Å². The Labute approximate surface area is 149 Å². The number of hydrogen-bond acceptors (Lipinski definition) is 5. The van der Waals surface area contributed by atoms with E-state index in [0.29, 0.717) is 10.4 Å². The molecule has 2 aromatic rings. The van der Waals surface area contributed by atoms with Gasteiger partial charge in [-0.05, 0) is 46.3 Å². The molecule has 0 spiro atoms. The molecule has 132 valence electrons. The molecule has 1 heterocycles. The number of carbonyl (C=O) groups is 2. The van der Waals surface area contributed by atoms with Crippen molar-refractivity contribution in [3.63, 3.8) is 0 Å². The lowest BCUT2D eigenvalue weighted by Crippen LogP contribution is -2.20. The van der Waals surface area contributed by atoms with Crippen LogP contribution in [0.3, 0.4) is 0 Å². The molecule has 0 saturated carbocycles. The highest BCUT2D eigenvalue weighted by Crippen LogP contribution is 2.25. The van der Waals surface area contributed by atoms with E-state index in [0.717, 1.165) is 6.08 Å². The van der Waals surface area contributed by atoms with Crippen LogP contribution in [0.4, 0.5) is 14.5 Å². The van der Waals surface area contributed by atoms with E-state index in [1.807, 2.05) is 0 Å². The fourth-order valence-corrected chi connectivity index (χ4v) is 2.03. The van der Waals surface area contributed by atoms with Crippen LogP contribution in [0.2, 0.25) is 0 Å². The molecule has 1 aromatic heterocycles. The number of halogens is 3. The molecule has 0 saturated heterocycles. The standard InChI is InChI=1S/C16H12BrF2NO5/c17-13-7-5-10(24-13)6-8-15(22)23-9-14(21)20-11-3-1-2-4-12(11)25-16(18)19/h1-8,16H,9H2,(H,20,21). The summed E-state index contributed by atoms with van der Waals surface area (Å²) in [6.45, 7) is -3.61. The SMILES string of the molecule is O=C(COC(=O)C=Cc1ccc(Br)o1)Nc1ccccc1OC(F)F. The highest BCUT2D eigenvalue weighted by Gasteiger charge is 2.12. The number of nitrogens with one attached hydrogen (secondary N) is 1. The quantitative estimate of drug-likeness (QED) is 0.548. The Hall–Kier alpha value is -2.68. The smallest absolute Gasteiger partial charge is 0.387 e. The summed E-state index contributed by atoms with van der Waals surface area (Å²) in [6.07, 6.45) is 2.46. The second-order valence-electron chi connectivity index (χ2n) is 4.51. The van der Waals surface area contributed by atoms with E-state index in [-0.39, 0.29) is 11.4 Å². The molecule has 1 N–H and O–H groups in total. The third-order valence-electron chi connectivity index (χ3n) is 2.70. The van der Waals surface area contributed by atoms with E-state index in [4.69, 9.17) is 9.15 Å². The maximum atomic E-state index is 12.3. The maximum Gasteiger partial charge on any atom is 0.387 e. The van der Waals surface area contributed by atoms with Crippen molar-refractivity contribution in [2.75, 3.05) is 11.9 Å². The average molecular weight is 416 g/mol. The van der Waals surface area contributed by atoms with E-state index in [1.54, 1.807) is 12.1 Å². The lowest BCUT2D eigenvalue weighted by molar-refractivity contribution is -0.142. The van der Waals surface area contributed by atoms with Crippen LogP contribution >= 0.6 is 15.9 Å². The molecule has 0 unspecified atom stereocenters. The van der Waals surface area contributed by atoms with Crippen LogP contribution < -0.4 is 10.1 Å². The molecule has 0 atom stereocenters. The lowest BCUT2D eigenvalue weighted by Gasteiger charge is -2.11. The average Bonchev–Trinajstić information content (AvgIpc) is 2.98.